The maximum atomic E-state index is 12.4. The Kier molecular flexibility index (Phi) is 4.04. The lowest BCUT2D eigenvalue weighted by atomic mass is 10.2. The Balaban J connectivity index is 2.30. The van der Waals surface area contributed by atoms with Gasteiger partial charge in [0.05, 0.1) is 6.54 Å². The number of nitrogens with two attached hydrogens (primary N) is 1. The molecular weight excluding hydrogens is 272 g/mol. The summed E-state index contributed by atoms with van der Waals surface area (Å²) in [6.07, 6.45) is 3.61. The molecule has 100 valence electrons. The summed E-state index contributed by atoms with van der Waals surface area (Å²) >= 11 is 1.16. The number of thiophene rings is 1. The zero-order valence-corrected chi connectivity index (χ0v) is 11.5. The van der Waals surface area contributed by atoms with Crippen molar-refractivity contribution in [3.63, 3.8) is 0 Å². The second-order valence-electron chi connectivity index (χ2n) is 4.39. The number of hydrogen-bond donors (Lipinski definition) is 1. The second kappa shape index (κ2) is 5.38. The number of primary amides is 1. The summed E-state index contributed by atoms with van der Waals surface area (Å²) in [7, 11) is -3.59. The molecule has 5 nitrogen and oxygen atoms in total. The molecule has 0 radical (unpaired) electrons. The molecule has 2 rings (SSSR count). The van der Waals surface area contributed by atoms with Gasteiger partial charge in [0, 0.05) is 6.04 Å². The van der Waals surface area contributed by atoms with Crippen LogP contribution in [0.5, 0.6) is 0 Å². The summed E-state index contributed by atoms with van der Waals surface area (Å²) in [5, 5.41) is 1.71. The minimum atomic E-state index is -3.59. The van der Waals surface area contributed by atoms with Gasteiger partial charge in [-0.1, -0.05) is 18.9 Å². The van der Waals surface area contributed by atoms with Crippen LogP contribution in [0, 0.1) is 0 Å². The topological polar surface area (TPSA) is 80.5 Å². The van der Waals surface area contributed by atoms with Crippen molar-refractivity contribution in [1.82, 2.24) is 4.31 Å². The van der Waals surface area contributed by atoms with Crippen molar-refractivity contribution in [1.29, 1.82) is 0 Å². The van der Waals surface area contributed by atoms with Gasteiger partial charge >= 0.3 is 0 Å². The molecule has 0 aromatic carbocycles. The van der Waals surface area contributed by atoms with E-state index in [4.69, 9.17) is 5.73 Å². The van der Waals surface area contributed by atoms with Gasteiger partial charge in [0.25, 0.3) is 10.0 Å². The van der Waals surface area contributed by atoms with E-state index in [1.54, 1.807) is 17.5 Å². The van der Waals surface area contributed by atoms with Crippen LogP contribution in [0.25, 0.3) is 0 Å². The van der Waals surface area contributed by atoms with Crippen molar-refractivity contribution in [2.75, 3.05) is 6.54 Å². The molecule has 0 atom stereocenters. The van der Waals surface area contributed by atoms with Gasteiger partial charge in [-0.05, 0) is 24.3 Å². The minimum Gasteiger partial charge on any atom is -0.369 e. The first-order chi connectivity index (χ1) is 8.51. The first kappa shape index (κ1) is 13.5. The third kappa shape index (κ3) is 2.73. The molecule has 18 heavy (non-hydrogen) atoms. The summed E-state index contributed by atoms with van der Waals surface area (Å²) in [4.78, 5) is 11.1. The standard InChI is InChI=1S/C11H16N2O3S2/c12-10(14)8-13(9-4-1-2-5-9)18(15,16)11-6-3-7-17-11/h3,6-7,9H,1-2,4-5,8H2,(H2,12,14). The Bertz CT molecular complexity index is 504. The summed E-state index contributed by atoms with van der Waals surface area (Å²) < 4.78 is 26.4. The second-order valence-corrected chi connectivity index (χ2v) is 7.45. The monoisotopic (exact) mass is 288 g/mol. The third-order valence-electron chi connectivity index (χ3n) is 3.10. The minimum absolute atomic E-state index is 0.0930. The molecule has 7 heteroatoms. The molecule has 0 spiro atoms. The van der Waals surface area contributed by atoms with E-state index >= 15 is 0 Å². The fraction of sp³-hybridized carbons (Fsp3) is 0.545. The average Bonchev–Trinajstić information content (AvgIpc) is 2.98. The fourth-order valence-electron chi connectivity index (χ4n) is 2.28. The highest BCUT2D eigenvalue weighted by Crippen LogP contribution is 2.29. The zero-order chi connectivity index (χ0) is 13.2. The highest BCUT2D eigenvalue weighted by atomic mass is 32.2. The largest absolute Gasteiger partial charge is 0.369 e. The zero-order valence-electron chi connectivity index (χ0n) is 9.91. The number of carbonyl (C=O) groups is 1. The van der Waals surface area contributed by atoms with Gasteiger partial charge in [-0.25, -0.2) is 8.42 Å². The number of sulfonamides is 1. The molecule has 1 aromatic heterocycles. The van der Waals surface area contributed by atoms with Gasteiger partial charge in [-0.15, -0.1) is 11.3 Å². The predicted molar refractivity (Wildman–Crippen MR) is 69.7 cm³/mol. The van der Waals surface area contributed by atoms with Gasteiger partial charge in [0.1, 0.15) is 4.21 Å². The van der Waals surface area contributed by atoms with Crippen molar-refractivity contribution < 1.29 is 13.2 Å². The maximum absolute atomic E-state index is 12.4. The fourth-order valence-corrected chi connectivity index (χ4v) is 5.05. The van der Waals surface area contributed by atoms with Gasteiger partial charge in [0.15, 0.2) is 0 Å². The lowest BCUT2D eigenvalue weighted by Gasteiger charge is -2.26. The van der Waals surface area contributed by atoms with E-state index in [0.29, 0.717) is 0 Å². The molecule has 1 saturated carbocycles. The van der Waals surface area contributed by atoms with Crippen LogP contribution < -0.4 is 5.73 Å². The quantitative estimate of drug-likeness (QED) is 0.883. The highest BCUT2D eigenvalue weighted by molar-refractivity contribution is 7.91. The normalized spacial score (nSPS) is 17.4. The van der Waals surface area contributed by atoms with E-state index in [1.807, 2.05) is 0 Å². The summed E-state index contributed by atoms with van der Waals surface area (Å²) in [6.45, 7) is -0.231. The van der Waals surface area contributed by atoms with Crippen LogP contribution in [-0.2, 0) is 14.8 Å². The smallest absolute Gasteiger partial charge is 0.253 e. The van der Waals surface area contributed by atoms with Crippen LogP contribution in [0.2, 0.25) is 0 Å². The predicted octanol–water partition coefficient (Wildman–Crippen LogP) is 1.17. The van der Waals surface area contributed by atoms with Gasteiger partial charge in [-0.2, -0.15) is 4.31 Å². The van der Waals surface area contributed by atoms with Crippen LogP contribution in [0.1, 0.15) is 25.7 Å². The van der Waals surface area contributed by atoms with Crippen molar-refractivity contribution in [2.45, 2.75) is 35.9 Å². The number of carbonyl (C=O) groups excluding carboxylic acids is 1. The molecule has 1 aliphatic carbocycles. The number of rotatable bonds is 5. The molecule has 0 bridgehead atoms. The Morgan fingerprint density at radius 1 is 1.44 bits per heavy atom. The summed E-state index contributed by atoms with van der Waals surface area (Å²) in [5.41, 5.74) is 5.17. The number of amides is 1. The van der Waals surface area contributed by atoms with Gasteiger partial charge in [-0.3, -0.25) is 4.79 Å². The molecular formula is C11H16N2O3S2. The first-order valence-corrected chi connectivity index (χ1v) is 8.17. The molecule has 2 N–H and O–H groups in total. The molecule has 1 aromatic rings. The molecule has 0 saturated heterocycles. The molecule has 0 unspecified atom stereocenters. The Morgan fingerprint density at radius 2 is 2.11 bits per heavy atom. The van der Waals surface area contributed by atoms with Crippen LogP contribution >= 0.6 is 11.3 Å². The lowest BCUT2D eigenvalue weighted by Crippen LogP contribution is -2.43. The van der Waals surface area contributed by atoms with Crippen LogP contribution in [-0.4, -0.2) is 31.2 Å². The molecule has 1 heterocycles. The SMILES string of the molecule is NC(=O)CN(C1CCCC1)S(=O)(=O)c1cccs1. The van der Waals surface area contributed by atoms with Crippen LogP contribution in [0.4, 0.5) is 0 Å². The average molecular weight is 288 g/mol. The summed E-state index contributed by atoms with van der Waals surface area (Å²) in [5.74, 6) is -0.609. The molecule has 0 aliphatic heterocycles. The van der Waals surface area contributed by atoms with Crippen LogP contribution in [0.3, 0.4) is 0 Å². The molecule has 1 amide bonds. The van der Waals surface area contributed by atoms with Crippen molar-refractivity contribution in [2.24, 2.45) is 5.73 Å². The highest BCUT2D eigenvalue weighted by Gasteiger charge is 2.34. The van der Waals surface area contributed by atoms with E-state index in [9.17, 15) is 13.2 Å². The Hall–Kier alpha value is -0.920. The van der Waals surface area contributed by atoms with Crippen molar-refractivity contribution in [3.8, 4) is 0 Å². The molecule has 1 fully saturated rings. The number of nitrogens with zero attached hydrogens (tertiary/aromatic N) is 1. The van der Waals surface area contributed by atoms with E-state index in [0.717, 1.165) is 37.0 Å². The van der Waals surface area contributed by atoms with Crippen LogP contribution in [0.15, 0.2) is 21.7 Å². The summed E-state index contributed by atoms with van der Waals surface area (Å²) in [6, 6.07) is 3.15. The maximum Gasteiger partial charge on any atom is 0.253 e. The van der Waals surface area contributed by atoms with Crippen molar-refractivity contribution >= 4 is 27.3 Å². The lowest BCUT2D eigenvalue weighted by molar-refractivity contribution is -0.118. The van der Waals surface area contributed by atoms with E-state index < -0.39 is 15.9 Å². The first-order valence-electron chi connectivity index (χ1n) is 5.85. The van der Waals surface area contributed by atoms with Gasteiger partial charge in [0.2, 0.25) is 5.91 Å². The Labute approximate surface area is 111 Å². The third-order valence-corrected chi connectivity index (χ3v) is 6.37. The Morgan fingerprint density at radius 3 is 2.61 bits per heavy atom. The molecule has 1 aliphatic rings. The van der Waals surface area contributed by atoms with Gasteiger partial charge < -0.3 is 5.73 Å². The van der Waals surface area contributed by atoms with Crippen molar-refractivity contribution in [3.05, 3.63) is 17.5 Å². The van der Waals surface area contributed by atoms with E-state index in [1.165, 1.54) is 4.31 Å². The number of hydrogen-bond acceptors (Lipinski definition) is 4. The van der Waals surface area contributed by atoms with E-state index in [-0.39, 0.29) is 16.8 Å². The van der Waals surface area contributed by atoms with E-state index in [2.05, 4.69) is 0 Å².